The Bertz CT molecular complexity index is 175. The maximum absolute atomic E-state index is 5.07. The summed E-state index contributed by atoms with van der Waals surface area (Å²) in [6, 6.07) is 1.40. The van der Waals surface area contributed by atoms with E-state index in [1.54, 1.807) is 7.11 Å². The van der Waals surface area contributed by atoms with Crippen molar-refractivity contribution in [3.63, 3.8) is 0 Å². The molecule has 1 fully saturated rings. The fourth-order valence-corrected chi connectivity index (χ4v) is 2.32. The third-order valence-electron chi connectivity index (χ3n) is 3.57. The van der Waals surface area contributed by atoms with E-state index in [9.17, 15) is 0 Å². The molecule has 1 aliphatic rings. The Morgan fingerprint density at radius 2 is 2.12 bits per heavy atom. The van der Waals surface area contributed by atoms with E-state index in [-0.39, 0.29) is 0 Å². The Kier molecular flexibility index (Phi) is 7.01. The molecule has 0 aliphatic carbocycles. The lowest BCUT2D eigenvalue weighted by Crippen LogP contribution is -2.55. The molecular weight excluding hydrogens is 200 g/mol. The molecule has 2 unspecified atom stereocenters. The monoisotopic (exact) mass is 228 g/mol. The molecule has 1 saturated heterocycles. The van der Waals surface area contributed by atoms with Gasteiger partial charge in [0.2, 0.25) is 0 Å². The van der Waals surface area contributed by atoms with Crippen molar-refractivity contribution in [3.05, 3.63) is 0 Å². The molecule has 3 heteroatoms. The van der Waals surface area contributed by atoms with Gasteiger partial charge in [0.1, 0.15) is 0 Å². The predicted molar refractivity (Wildman–Crippen MR) is 68.8 cm³/mol. The highest BCUT2D eigenvalue weighted by atomic mass is 16.5. The van der Waals surface area contributed by atoms with E-state index < -0.39 is 0 Å². The highest BCUT2D eigenvalue weighted by Crippen LogP contribution is 2.10. The molecule has 0 spiro atoms. The van der Waals surface area contributed by atoms with Crippen molar-refractivity contribution < 1.29 is 4.74 Å². The number of piperazine rings is 1. The molecule has 16 heavy (non-hydrogen) atoms. The van der Waals surface area contributed by atoms with Crippen LogP contribution >= 0.6 is 0 Å². The molecule has 0 saturated carbocycles. The van der Waals surface area contributed by atoms with Crippen LogP contribution in [0, 0.1) is 0 Å². The minimum atomic E-state index is 0.699. The van der Waals surface area contributed by atoms with Crippen molar-refractivity contribution in [2.24, 2.45) is 0 Å². The number of methoxy groups -OCH3 is 1. The summed E-state index contributed by atoms with van der Waals surface area (Å²) in [5, 5.41) is 3.60. The van der Waals surface area contributed by atoms with Crippen molar-refractivity contribution in [3.8, 4) is 0 Å². The molecule has 0 aromatic heterocycles. The molecular formula is C13H28N2O. The van der Waals surface area contributed by atoms with Gasteiger partial charge in [-0.1, -0.05) is 6.92 Å². The Balaban J connectivity index is 2.13. The molecule has 1 N–H and O–H groups in total. The highest BCUT2D eigenvalue weighted by molar-refractivity contribution is 4.82. The quantitative estimate of drug-likeness (QED) is 0.673. The van der Waals surface area contributed by atoms with E-state index in [0.717, 1.165) is 13.2 Å². The van der Waals surface area contributed by atoms with E-state index in [1.165, 1.54) is 38.8 Å². The number of ether oxygens (including phenoxy) is 1. The molecule has 2 atom stereocenters. The van der Waals surface area contributed by atoms with Crippen LogP contribution in [0.15, 0.2) is 0 Å². The molecule has 0 radical (unpaired) electrons. The van der Waals surface area contributed by atoms with Crippen molar-refractivity contribution in [2.45, 2.75) is 51.6 Å². The van der Waals surface area contributed by atoms with Gasteiger partial charge in [0.05, 0.1) is 0 Å². The van der Waals surface area contributed by atoms with Crippen molar-refractivity contribution >= 4 is 0 Å². The van der Waals surface area contributed by atoms with Crippen LogP contribution in [0.5, 0.6) is 0 Å². The van der Waals surface area contributed by atoms with Crippen molar-refractivity contribution in [1.82, 2.24) is 10.2 Å². The first-order valence-electron chi connectivity index (χ1n) is 6.74. The Hall–Kier alpha value is -0.120. The van der Waals surface area contributed by atoms with Gasteiger partial charge in [0.15, 0.2) is 0 Å². The van der Waals surface area contributed by atoms with Gasteiger partial charge >= 0.3 is 0 Å². The van der Waals surface area contributed by atoms with E-state index in [4.69, 9.17) is 4.74 Å². The van der Waals surface area contributed by atoms with Gasteiger partial charge in [-0.05, 0) is 39.2 Å². The second-order valence-corrected chi connectivity index (χ2v) is 4.91. The lowest BCUT2D eigenvalue weighted by atomic mass is 10.1. The number of hydrogen-bond acceptors (Lipinski definition) is 3. The van der Waals surface area contributed by atoms with Crippen LogP contribution in [0.4, 0.5) is 0 Å². The minimum absolute atomic E-state index is 0.699. The fourth-order valence-electron chi connectivity index (χ4n) is 2.32. The second-order valence-electron chi connectivity index (χ2n) is 4.91. The lowest BCUT2D eigenvalue weighted by Gasteiger charge is -2.38. The first kappa shape index (κ1) is 13.9. The molecule has 0 aromatic carbocycles. The Labute approximate surface area is 101 Å². The average Bonchev–Trinajstić information content (AvgIpc) is 2.31. The van der Waals surface area contributed by atoms with Crippen molar-refractivity contribution in [1.29, 1.82) is 0 Å². The predicted octanol–water partition coefficient (Wildman–Crippen LogP) is 1.88. The van der Waals surface area contributed by atoms with Gasteiger partial charge in [-0.3, -0.25) is 4.90 Å². The fraction of sp³-hybridized carbons (Fsp3) is 1.00. The van der Waals surface area contributed by atoms with Gasteiger partial charge in [0.25, 0.3) is 0 Å². The summed E-state index contributed by atoms with van der Waals surface area (Å²) in [5.74, 6) is 0. The number of rotatable bonds is 7. The molecule has 1 rings (SSSR count). The van der Waals surface area contributed by atoms with E-state index in [2.05, 4.69) is 24.1 Å². The highest BCUT2D eigenvalue weighted by Gasteiger charge is 2.22. The zero-order valence-electron chi connectivity index (χ0n) is 11.2. The van der Waals surface area contributed by atoms with Crippen molar-refractivity contribution in [2.75, 3.05) is 33.4 Å². The number of nitrogens with zero attached hydrogens (tertiary/aromatic N) is 1. The SMILES string of the molecule is CCC1CN(CCCCCOC)C(C)CN1. The first-order valence-corrected chi connectivity index (χ1v) is 6.74. The zero-order valence-corrected chi connectivity index (χ0v) is 11.2. The normalized spacial score (nSPS) is 27.2. The summed E-state index contributed by atoms with van der Waals surface area (Å²) in [6.45, 7) is 9.13. The van der Waals surface area contributed by atoms with Crippen LogP contribution in [0.25, 0.3) is 0 Å². The third kappa shape index (κ3) is 4.81. The topological polar surface area (TPSA) is 24.5 Å². The van der Waals surface area contributed by atoms with Crippen LogP contribution in [0.3, 0.4) is 0 Å². The Morgan fingerprint density at radius 1 is 1.31 bits per heavy atom. The van der Waals surface area contributed by atoms with Gasteiger partial charge in [0, 0.05) is 38.9 Å². The second kappa shape index (κ2) is 8.04. The largest absolute Gasteiger partial charge is 0.385 e. The third-order valence-corrected chi connectivity index (χ3v) is 3.57. The summed E-state index contributed by atoms with van der Waals surface area (Å²) >= 11 is 0. The molecule has 1 heterocycles. The van der Waals surface area contributed by atoms with Gasteiger partial charge in [-0.2, -0.15) is 0 Å². The molecule has 0 amide bonds. The Morgan fingerprint density at radius 3 is 2.81 bits per heavy atom. The summed E-state index contributed by atoms with van der Waals surface area (Å²) in [5.41, 5.74) is 0. The number of nitrogens with one attached hydrogen (secondary N) is 1. The minimum Gasteiger partial charge on any atom is -0.385 e. The molecule has 1 aliphatic heterocycles. The van der Waals surface area contributed by atoms with E-state index >= 15 is 0 Å². The summed E-state index contributed by atoms with van der Waals surface area (Å²) in [6.07, 6.45) is 5.05. The standard InChI is InChI=1S/C13H28N2O/c1-4-13-11-15(12(2)10-14-13)8-6-5-7-9-16-3/h12-14H,4-11H2,1-3H3. The maximum Gasteiger partial charge on any atom is 0.0462 e. The number of hydrogen-bond donors (Lipinski definition) is 1. The van der Waals surface area contributed by atoms with Crippen LogP contribution in [-0.4, -0.2) is 50.3 Å². The number of unbranched alkanes of at least 4 members (excludes halogenated alkanes) is 2. The summed E-state index contributed by atoms with van der Waals surface area (Å²) in [7, 11) is 1.78. The average molecular weight is 228 g/mol. The smallest absolute Gasteiger partial charge is 0.0462 e. The van der Waals surface area contributed by atoms with Crippen LogP contribution in [-0.2, 0) is 4.74 Å². The van der Waals surface area contributed by atoms with Gasteiger partial charge in [-0.15, -0.1) is 0 Å². The lowest BCUT2D eigenvalue weighted by molar-refractivity contribution is 0.134. The van der Waals surface area contributed by atoms with Crippen LogP contribution < -0.4 is 5.32 Å². The zero-order chi connectivity index (χ0) is 11.8. The summed E-state index contributed by atoms with van der Waals surface area (Å²) in [4.78, 5) is 2.64. The maximum atomic E-state index is 5.07. The molecule has 96 valence electrons. The van der Waals surface area contributed by atoms with Crippen LogP contribution in [0.2, 0.25) is 0 Å². The van der Waals surface area contributed by atoms with E-state index in [0.29, 0.717) is 12.1 Å². The molecule has 0 bridgehead atoms. The summed E-state index contributed by atoms with van der Waals surface area (Å²) < 4.78 is 5.07. The molecule has 0 aromatic rings. The van der Waals surface area contributed by atoms with Gasteiger partial charge < -0.3 is 10.1 Å². The first-order chi connectivity index (χ1) is 7.77. The van der Waals surface area contributed by atoms with Crippen LogP contribution in [0.1, 0.15) is 39.5 Å². The van der Waals surface area contributed by atoms with Gasteiger partial charge in [-0.25, -0.2) is 0 Å². The molecule has 3 nitrogen and oxygen atoms in total. The van der Waals surface area contributed by atoms with E-state index in [1.807, 2.05) is 0 Å².